The highest BCUT2D eigenvalue weighted by atomic mass is 35.5. The van der Waals surface area contributed by atoms with Gasteiger partial charge in [0.2, 0.25) is 0 Å². The van der Waals surface area contributed by atoms with Crippen LogP contribution in [0.25, 0.3) is 0 Å². The van der Waals surface area contributed by atoms with E-state index >= 15 is 0 Å². The number of fused-ring (bicyclic) bond motifs is 3. The molecule has 2 aromatic carbocycles. The zero-order valence-corrected chi connectivity index (χ0v) is 25.7. The molecule has 0 aromatic heterocycles. The van der Waals surface area contributed by atoms with Crippen LogP contribution in [0.15, 0.2) is 110 Å². The predicted octanol–water partition coefficient (Wildman–Crippen LogP) is 10.3. The highest BCUT2D eigenvalue weighted by molar-refractivity contribution is 8.03. The number of rotatable bonds is 7. The highest BCUT2D eigenvalue weighted by Crippen LogP contribution is 2.41. The molecule has 1 N–H and O–H groups in total. The van der Waals surface area contributed by atoms with Crippen LogP contribution in [0.4, 0.5) is 10.1 Å². The first-order valence-electron chi connectivity index (χ1n) is 13.7. The van der Waals surface area contributed by atoms with E-state index in [-0.39, 0.29) is 5.82 Å². The summed E-state index contributed by atoms with van der Waals surface area (Å²) in [6, 6.07) is 12.2. The quantitative estimate of drug-likeness (QED) is 0.262. The molecule has 2 bridgehead atoms. The summed E-state index contributed by atoms with van der Waals surface area (Å²) in [6.07, 6.45) is 17.0. The van der Waals surface area contributed by atoms with Crippen LogP contribution < -0.4 is 5.32 Å². The molecule has 0 spiro atoms. The second-order valence-corrected chi connectivity index (χ2v) is 11.1. The van der Waals surface area contributed by atoms with Crippen LogP contribution in [0.5, 0.6) is 0 Å². The third kappa shape index (κ3) is 11.6. The topological polar surface area (TPSA) is 41.5 Å². The van der Waals surface area contributed by atoms with Gasteiger partial charge in [0.25, 0.3) is 0 Å². The lowest BCUT2D eigenvalue weighted by molar-refractivity contribution is 0.112. The summed E-state index contributed by atoms with van der Waals surface area (Å²) < 4.78 is 12.3. The lowest BCUT2D eigenvalue weighted by Crippen LogP contribution is -2.06. The normalized spacial score (nSPS) is 14.4. The smallest absolute Gasteiger partial charge is 0.150 e. The van der Waals surface area contributed by atoms with E-state index in [4.69, 9.17) is 16.6 Å². The Bertz CT molecular complexity index is 1300. The molecule has 0 unspecified atom stereocenters. The SMILES string of the molecule is CC/C(Cl)=C\C=C(/C)CC1=Nc2cc(C=O)ccc2SC2=CC=CC=C1C2.CCC.CNCc1ccc(F)cc1. The summed E-state index contributed by atoms with van der Waals surface area (Å²) in [6.45, 7) is 9.18. The number of benzene rings is 2. The summed E-state index contributed by atoms with van der Waals surface area (Å²) in [5.74, 6) is -0.181. The maximum absolute atomic E-state index is 12.3. The van der Waals surface area contributed by atoms with Gasteiger partial charge in [-0.05, 0) is 66.8 Å². The van der Waals surface area contributed by atoms with Crippen LogP contribution in [0, 0.1) is 5.82 Å². The fourth-order valence-corrected chi connectivity index (χ4v) is 4.75. The molecule has 6 heteroatoms. The van der Waals surface area contributed by atoms with Crippen molar-refractivity contribution >= 4 is 41.0 Å². The van der Waals surface area contributed by atoms with Crippen molar-refractivity contribution in [3.8, 4) is 0 Å². The van der Waals surface area contributed by atoms with Gasteiger partial charge in [0.15, 0.2) is 0 Å². The monoisotopic (exact) mass is 578 g/mol. The molecule has 1 aliphatic heterocycles. The number of hydrogen-bond donors (Lipinski definition) is 1. The van der Waals surface area contributed by atoms with Crippen molar-refractivity contribution in [1.82, 2.24) is 5.32 Å². The molecule has 40 heavy (non-hydrogen) atoms. The van der Waals surface area contributed by atoms with Crippen LogP contribution in [-0.4, -0.2) is 19.0 Å². The minimum atomic E-state index is -0.181. The van der Waals surface area contributed by atoms with Crippen molar-refractivity contribution in [3.63, 3.8) is 0 Å². The number of hydrogen-bond acceptors (Lipinski definition) is 4. The first kappa shape index (κ1) is 33.2. The van der Waals surface area contributed by atoms with Gasteiger partial charge in [-0.3, -0.25) is 9.79 Å². The number of aldehydes is 1. The lowest BCUT2D eigenvalue weighted by Gasteiger charge is -2.18. The fourth-order valence-electron chi connectivity index (χ4n) is 3.68. The third-order valence-electron chi connectivity index (χ3n) is 5.67. The summed E-state index contributed by atoms with van der Waals surface area (Å²) in [7, 11) is 1.86. The van der Waals surface area contributed by atoms with E-state index in [0.29, 0.717) is 5.56 Å². The molecular weight excluding hydrogens is 539 g/mol. The van der Waals surface area contributed by atoms with Gasteiger partial charge in [0.1, 0.15) is 12.1 Å². The zero-order chi connectivity index (χ0) is 29.3. The minimum absolute atomic E-state index is 0.181. The summed E-state index contributed by atoms with van der Waals surface area (Å²) >= 11 is 7.85. The van der Waals surface area contributed by atoms with Gasteiger partial charge >= 0.3 is 0 Å². The number of nitrogens with one attached hydrogen (secondary N) is 1. The first-order valence-corrected chi connectivity index (χ1v) is 14.8. The molecule has 0 radical (unpaired) electrons. The van der Waals surface area contributed by atoms with Crippen molar-refractivity contribution in [2.75, 3.05) is 7.05 Å². The van der Waals surface area contributed by atoms with Gasteiger partial charge in [-0.25, -0.2) is 4.39 Å². The van der Waals surface area contributed by atoms with Gasteiger partial charge < -0.3 is 5.32 Å². The molecule has 212 valence electrons. The number of halogens is 2. The largest absolute Gasteiger partial charge is 0.316 e. The van der Waals surface area contributed by atoms with Crippen molar-refractivity contribution in [3.05, 3.63) is 117 Å². The molecule has 1 heterocycles. The molecule has 2 aliphatic rings. The van der Waals surface area contributed by atoms with Crippen molar-refractivity contribution in [2.45, 2.75) is 64.8 Å². The number of carbonyl (C=O) groups excluding carboxylic acids is 1. The fraction of sp³-hybridized carbons (Fsp3) is 0.294. The average molecular weight is 579 g/mol. The average Bonchev–Trinajstić information content (AvgIpc) is 3.20. The molecule has 1 aliphatic carbocycles. The maximum Gasteiger partial charge on any atom is 0.150 e. The lowest BCUT2D eigenvalue weighted by atomic mass is 9.99. The van der Waals surface area contributed by atoms with E-state index in [1.54, 1.807) is 23.9 Å². The predicted molar refractivity (Wildman–Crippen MR) is 172 cm³/mol. The molecular formula is C34H40ClFN2OS. The van der Waals surface area contributed by atoms with Gasteiger partial charge in [0, 0.05) is 40.6 Å². The van der Waals surface area contributed by atoms with Gasteiger partial charge in [-0.15, -0.1) is 0 Å². The maximum atomic E-state index is 12.3. The number of carbonyl (C=O) groups is 1. The minimum Gasteiger partial charge on any atom is -0.316 e. The number of allylic oxidation sites excluding steroid dienone is 10. The third-order valence-corrected chi connectivity index (χ3v) is 7.17. The van der Waals surface area contributed by atoms with Crippen molar-refractivity contribution < 1.29 is 9.18 Å². The van der Waals surface area contributed by atoms with Crippen molar-refractivity contribution in [1.29, 1.82) is 0 Å². The summed E-state index contributed by atoms with van der Waals surface area (Å²) in [5.41, 5.74) is 6.04. The summed E-state index contributed by atoms with van der Waals surface area (Å²) in [5, 5.41) is 3.82. The Balaban J connectivity index is 0.000000358. The van der Waals surface area contributed by atoms with Crippen LogP contribution in [0.1, 0.15) is 69.3 Å². The highest BCUT2D eigenvalue weighted by Gasteiger charge is 2.18. The number of nitrogens with zero attached hydrogens (tertiary/aromatic N) is 1. The van der Waals surface area contributed by atoms with Crippen LogP contribution in [0.3, 0.4) is 0 Å². The van der Waals surface area contributed by atoms with E-state index in [1.165, 1.54) is 34.6 Å². The number of aliphatic imine (C=N–C) groups is 1. The Morgan fingerprint density at radius 1 is 1.07 bits per heavy atom. The van der Waals surface area contributed by atoms with E-state index in [0.717, 1.165) is 59.0 Å². The Kier molecular flexibility index (Phi) is 15.3. The van der Waals surface area contributed by atoms with E-state index < -0.39 is 0 Å². The van der Waals surface area contributed by atoms with Gasteiger partial charge in [-0.2, -0.15) is 0 Å². The second kappa shape index (κ2) is 18.4. The molecule has 0 atom stereocenters. The van der Waals surface area contributed by atoms with Crippen LogP contribution in [0.2, 0.25) is 0 Å². The van der Waals surface area contributed by atoms with Gasteiger partial charge in [0.05, 0.1) is 5.69 Å². The summed E-state index contributed by atoms with van der Waals surface area (Å²) in [4.78, 5) is 18.5. The molecule has 0 saturated heterocycles. The molecule has 3 nitrogen and oxygen atoms in total. The van der Waals surface area contributed by atoms with Crippen molar-refractivity contribution in [2.24, 2.45) is 4.99 Å². The molecule has 4 rings (SSSR count). The molecule has 0 amide bonds. The Morgan fingerprint density at radius 3 is 2.42 bits per heavy atom. The van der Waals surface area contributed by atoms with E-state index in [2.05, 4.69) is 56.5 Å². The molecule has 2 aromatic rings. The molecule has 0 saturated carbocycles. The van der Waals surface area contributed by atoms with E-state index in [9.17, 15) is 9.18 Å². The van der Waals surface area contributed by atoms with Crippen LogP contribution in [-0.2, 0) is 6.54 Å². The molecule has 0 fully saturated rings. The van der Waals surface area contributed by atoms with E-state index in [1.807, 2.05) is 38.2 Å². The number of thioether (sulfide) groups is 1. The standard InChI is InChI=1S/C23H22ClNOS.C8H10FN.C3H8/c1-3-19(24)10-8-16(2)12-21-18-6-4-5-7-20(14-18)27-23-11-9-17(15-26)13-22(23)25-21;1-10-6-7-2-4-8(9)5-3-7;1-3-2/h4-11,13,15H,3,12,14H2,1-2H3;2-5,10H,6H2,1H3;3H2,1-2H3/b16-8+,19-10+,25-21?;;. The Labute approximate surface area is 248 Å². The Morgan fingerprint density at radius 2 is 1.77 bits per heavy atom. The Hall–Kier alpha value is -2.99. The van der Waals surface area contributed by atoms with Gasteiger partial charge in [-0.1, -0.05) is 105 Å². The first-order chi connectivity index (χ1) is 19.3. The second-order valence-electron chi connectivity index (χ2n) is 9.41. The van der Waals surface area contributed by atoms with Crippen LogP contribution >= 0.6 is 23.4 Å². The zero-order valence-electron chi connectivity index (χ0n) is 24.1.